The minimum atomic E-state index is 0.791. The fourth-order valence-corrected chi connectivity index (χ4v) is 3.39. The van der Waals surface area contributed by atoms with Crippen LogP contribution in [0.1, 0.15) is 25.5 Å². The van der Waals surface area contributed by atoms with Crippen LogP contribution in [-0.4, -0.2) is 23.2 Å². The second kappa shape index (κ2) is 7.31. The first-order valence-corrected chi connectivity index (χ1v) is 8.48. The Labute approximate surface area is 142 Å². The van der Waals surface area contributed by atoms with Crippen molar-refractivity contribution in [1.82, 2.24) is 9.55 Å². The maximum absolute atomic E-state index is 5.39. The largest absolute Gasteiger partial charge is 0.495 e. The molecule has 2 rings (SSSR count). The molecule has 21 heavy (non-hydrogen) atoms. The molecule has 0 saturated heterocycles. The van der Waals surface area contributed by atoms with Crippen molar-refractivity contribution in [1.29, 1.82) is 0 Å². The van der Waals surface area contributed by atoms with Crippen molar-refractivity contribution >= 4 is 37.8 Å². The summed E-state index contributed by atoms with van der Waals surface area (Å²) in [6.07, 6.45) is 4.29. The van der Waals surface area contributed by atoms with Crippen LogP contribution < -0.4 is 10.1 Å². The molecule has 1 N–H and O–H groups in total. The molecule has 4 nitrogen and oxygen atoms in total. The molecule has 2 aromatic rings. The number of methoxy groups -OCH3 is 1. The highest BCUT2D eigenvalue weighted by molar-refractivity contribution is 9.11. The Hall–Kier alpha value is -1.01. The number of aryl methyl sites for hydroxylation is 1. The maximum Gasteiger partial charge on any atom is 0.207 e. The molecule has 0 radical (unpaired) electrons. The minimum Gasteiger partial charge on any atom is -0.495 e. The van der Waals surface area contributed by atoms with E-state index in [1.807, 2.05) is 29.8 Å². The summed E-state index contributed by atoms with van der Waals surface area (Å²) in [7, 11) is 1.66. The third-order valence-electron chi connectivity index (χ3n) is 3.12. The number of benzene rings is 1. The molecule has 0 spiro atoms. The predicted octanol–water partition coefficient (Wildman–Crippen LogP) is 4.93. The summed E-state index contributed by atoms with van der Waals surface area (Å²) >= 11 is 7.10. The summed E-state index contributed by atoms with van der Waals surface area (Å²) in [6, 6.07) is 3.97. The number of aromatic nitrogens is 2. The van der Waals surface area contributed by atoms with E-state index in [9.17, 15) is 0 Å². The Morgan fingerprint density at radius 3 is 2.71 bits per heavy atom. The lowest BCUT2D eigenvalue weighted by Gasteiger charge is -2.13. The lowest BCUT2D eigenvalue weighted by Crippen LogP contribution is -2.08. The van der Waals surface area contributed by atoms with Crippen molar-refractivity contribution in [2.75, 3.05) is 19.0 Å². The van der Waals surface area contributed by atoms with Gasteiger partial charge in [-0.1, -0.05) is 13.3 Å². The molecule has 0 bridgehead atoms. The number of anilines is 1. The summed E-state index contributed by atoms with van der Waals surface area (Å²) in [4.78, 5) is 4.56. The summed E-state index contributed by atoms with van der Waals surface area (Å²) in [6.45, 7) is 5.08. The second-order valence-corrected chi connectivity index (χ2v) is 6.50. The van der Waals surface area contributed by atoms with Gasteiger partial charge in [0.15, 0.2) is 0 Å². The van der Waals surface area contributed by atoms with Gasteiger partial charge < -0.3 is 10.1 Å². The van der Waals surface area contributed by atoms with Gasteiger partial charge in [-0.05, 0) is 51.3 Å². The minimum absolute atomic E-state index is 0.791. The van der Waals surface area contributed by atoms with Gasteiger partial charge >= 0.3 is 0 Å². The molecule has 1 aromatic heterocycles. The maximum atomic E-state index is 5.39. The summed E-state index contributed by atoms with van der Waals surface area (Å²) < 4.78 is 9.32. The first-order valence-electron chi connectivity index (χ1n) is 6.90. The van der Waals surface area contributed by atoms with E-state index in [0.29, 0.717) is 0 Å². The number of hydrogen-bond donors (Lipinski definition) is 1. The van der Waals surface area contributed by atoms with E-state index >= 15 is 0 Å². The van der Waals surface area contributed by atoms with Crippen LogP contribution in [0, 0.1) is 6.92 Å². The Morgan fingerprint density at radius 1 is 1.29 bits per heavy atom. The smallest absolute Gasteiger partial charge is 0.207 e. The summed E-state index contributed by atoms with van der Waals surface area (Å²) in [5.74, 6) is 1.64. The molecular weight excluding hydrogens is 398 g/mol. The van der Waals surface area contributed by atoms with Gasteiger partial charge in [0.05, 0.1) is 23.0 Å². The van der Waals surface area contributed by atoms with E-state index in [2.05, 4.69) is 49.1 Å². The molecule has 0 saturated carbocycles. The van der Waals surface area contributed by atoms with Gasteiger partial charge in [0.1, 0.15) is 5.75 Å². The van der Waals surface area contributed by atoms with Crippen molar-refractivity contribution in [2.45, 2.75) is 26.7 Å². The molecule has 114 valence electrons. The zero-order chi connectivity index (χ0) is 15.4. The monoisotopic (exact) mass is 415 g/mol. The fourth-order valence-electron chi connectivity index (χ4n) is 2.04. The van der Waals surface area contributed by atoms with E-state index in [0.717, 1.165) is 51.4 Å². The SMILES string of the molecule is CCCCNc1nc(C)cn1-c1cc(OC)c(Br)cc1Br. The number of ether oxygens (including phenoxy) is 1. The van der Waals surface area contributed by atoms with Crippen molar-refractivity contribution in [2.24, 2.45) is 0 Å². The number of halogens is 2. The van der Waals surface area contributed by atoms with Gasteiger partial charge in [-0.15, -0.1) is 0 Å². The predicted molar refractivity (Wildman–Crippen MR) is 93.7 cm³/mol. The molecule has 0 fully saturated rings. The van der Waals surface area contributed by atoms with Crippen LogP contribution in [0.25, 0.3) is 5.69 Å². The van der Waals surface area contributed by atoms with Gasteiger partial charge in [-0.3, -0.25) is 4.57 Å². The van der Waals surface area contributed by atoms with Gasteiger partial charge in [0.25, 0.3) is 0 Å². The van der Waals surface area contributed by atoms with Crippen molar-refractivity contribution < 1.29 is 4.74 Å². The van der Waals surface area contributed by atoms with Crippen LogP contribution >= 0.6 is 31.9 Å². The van der Waals surface area contributed by atoms with Gasteiger partial charge in [-0.25, -0.2) is 4.98 Å². The van der Waals surface area contributed by atoms with Crippen molar-refractivity contribution in [3.63, 3.8) is 0 Å². The van der Waals surface area contributed by atoms with Crippen LogP contribution in [0.3, 0.4) is 0 Å². The zero-order valence-electron chi connectivity index (χ0n) is 12.4. The van der Waals surface area contributed by atoms with Crippen molar-refractivity contribution in [3.05, 3.63) is 33.0 Å². The van der Waals surface area contributed by atoms with Crippen LogP contribution in [-0.2, 0) is 0 Å². The number of nitrogens with zero attached hydrogens (tertiary/aromatic N) is 2. The number of unbranched alkanes of at least 4 members (excludes halogenated alkanes) is 1. The highest BCUT2D eigenvalue weighted by atomic mass is 79.9. The first kappa shape index (κ1) is 16.4. The van der Waals surface area contributed by atoms with Crippen LogP contribution in [0.4, 0.5) is 5.95 Å². The lowest BCUT2D eigenvalue weighted by molar-refractivity contribution is 0.412. The Bertz CT molecular complexity index is 626. The van der Waals surface area contributed by atoms with E-state index < -0.39 is 0 Å². The van der Waals surface area contributed by atoms with E-state index in [1.165, 1.54) is 0 Å². The molecular formula is C15H19Br2N3O. The standard InChI is InChI=1S/C15H19Br2N3O/c1-4-5-6-18-15-19-10(2)9-20(15)13-8-14(21-3)12(17)7-11(13)16/h7-9H,4-6H2,1-3H3,(H,18,19). The van der Waals surface area contributed by atoms with Gasteiger partial charge in [0, 0.05) is 23.3 Å². The molecule has 0 amide bonds. The van der Waals surface area contributed by atoms with Gasteiger partial charge in [0.2, 0.25) is 5.95 Å². The Balaban J connectivity index is 2.41. The lowest BCUT2D eigenvalue weighted by atomic mass is 10.3. The van der Waals surface area contributed by atoms with Crippen LogP contribution in [0.5, 0.6) is 5.75 Å². The number of nitrogens with one attached hydrogen (secondary N) is 1. The van der Waals surface area contributed by atoms with Gasteiger partial charge in [-0.2, -0.15) is 0 Å². The van der Waals surface area contributed by atoms with Crippen LogP contribution in [0.15, 0.2) is 27.3 Å². The molecule has 1 heterocycles. The normalized spacial score (nSPS) is 10.7. The average Bonchev–Trinajstić information content (AvgIpc) is 2.80. The molecule has 0 aliphatic rings. The number of imidazole rings is 1. The topological polar surface area (TPSA) is 39.1 Å². The van der Waals surface area contributed by atoms with E-state index in [4.69, 9.17) is 4.74 Å². The zero-order valence-corrected chi connectivity index (χ0v) is 15.6. The molecule has 0 unspecified atom stereocenters. The van der Waals surface area contributed by atoms with E-state index in [1.54, 1.807) is 7.11 Å². The van der Waals surface area contributed by atoms with E-state index in [-0.39, 0.29) is 0 Å². The number of hydrogen-bond acceptors (Lipinski definition) is 3. The van der Waals surface area contributed by atoms with Crippen LogP contribution in [0.2, 0.25) is 0 Å². The quantitative estimate of drug-likeness (QED) is 0.678. The third-order valence-corrected chi connectivity index (χ3v) is 4.38. The molecule has 1 aromatic carbocycles. The second-order valence-electron chi connectivity index (χ2n) is 4.79. The molecule has 0 aliphatic carbocycles. The Kier molecular flexibility index (Phi) is 5.70. The highest BCUT2D eigenvalue weighted by Gasteiger charge is 2.13. The van der Waals surface area contributed by atoms with Crippen molar-refractivity contribution in [3.8, 4) is 11.4 Å². The molecule has 6 heteroatoms. The summed E-state index contributed by atoms with van der Waals surface area (Å²) in [5, 5.41) is 3.39. The number of rotatable bonds is 6. The Morgan fingerprint density at radius 2 is 2.05 bits per heavy atom. The first-order chi connectivity index (χ1) is 10.1. The fraction of sp³-hybridized carbons (Fsp3) is 0.400. The summed E-state index contributed by atoms with van der Waals surface area (Å²) in [5.41, 5.74) is 1.97. The highest BCUT2D eigenvalue weighted by Crippen LogP contribution is 2.34. The average molecular weight is 417 g/mol. The molecule has 0 aliphatic heterocycles. The third kappa shape index (κ3) is 3.80. The molecule has 0 atom stereocenters.